The van der Waals surface area contributed by atoms with E-state index in [9.17, 15) is 13.2 Å². The highest BCUT2D eigenvalue weighted by Gasteiger charge is 2.35. The van der Waals surface area contributed by atoms with Crippen LogP contribution in [0.1, 0.15) is 18.4 Å². The van der Waals surface area contributed by atoms with Gasteiger partial charge in [-0.05, 0) is 30.9 Å². The molecule has 0 radical (unpaired) electrons. The minimum Gasteiger partial charge on any atom is -0.369 e. The highest BCUT2D eigenvalue weighted by molar-refractivity contribution is 5.92. The average molecular weight is 387 g/mol. The first-order valence-electron chi connectivity index (χ1n) is 8.72. The summed E-state index contributed by atoms with van der Waals surface area (Å²) in [4.78, 5) is 7.88. The molecule has 1 aromatic carbocycles. The number of hydrogen-bond acceptors (Lipinski definition) is 6. The molecular formula is C18H16F3N7. The third-order valence-corrected chi connectivity index (χ3v) is 4.50. The van der Waals surface area contributed by atoms with Gasteiger partial charge in [-0.3, -0.25) is 4.68 Å². The molecule has 1 aliphatic rings. The summed E-state index contributed by atoms with van der Waals surface area (Å²) in [5.74, 6) is 0.211. The van der Waals surface area contributed by atoms with Crippen molar-refractivity contribution in [3.05, 3.63) is 36.2 Å². The van der Waals surface area contributed by atoms with E-state index < -0.39 is 11.7 Å². The Labute approximate surface area is 158 Å². The van der Waals surface area contributed by atoms with Crippen LogP contribution in [-0.4, -0.2) is 26.3 Å². The standard InChI is InChI=1S/C18H16F3N7/c19-18(20,21)13-10-24-17(27-16(13)23-8-11-4-5-11)26-14-2-1-3-15-12(14)9-25-28(15)7-6-22/h1-3,9-11H,4-5,7-8H2,(H2,23,24,26,27). The van der Waals surface area contributed by atoms with Gasteiger partial charge in [0.15, 0.2) is 0 Å². The van der Waals surface area contributed by atoms with Gasteiger partial charge in [0.25, 0.3) is 0 Å². The molecule has 0 spiro atoms. The fourth-order valence-electron chi connectivity index (χ4n) is 2.87. The number of halogens is 3. The zero-order chi connectivity index (χ0) is 19.7. The summed E-state index contributed by atoms with van der Waals surface area (Å²) < 4.78 is 41.3. The highest BCUT2D eigenvalue weighted by atomic mass is 19.4. The number of nitrogens with one attached hydrogen (secondary N) is 2. The van der Waals surface area contributed by atoms with Crippen LogP contribution in [0.5, 0.6) is 0 Å². The van der Waals surface area contributed by atoms with Gasteiger partial charge < -0.3 is 10.6 Å². The predicted molar refractivity (Wildman–Crippen MR) is 96.9 cm³/mol. The minimum atomic E-state index is -4.54. The molecule has 0 bridgehead atoms. The molecule has 4 rings (SSSR count). The fourth-order valence-corrected chi connectivity index (χ4v) is 2.87. The molecule has 1 fully saturated rings. The van der Waals surface area contributed by atoms with Gasteiger partial charge in [-0.25, -0.2) is 4.98 Å². The molecule has 2 N–H and O–H groups in total. The number of aromatic nitrogens is 4. The first-order chi connectivity index (χ1) is 13.5. The third-order valence-electron chi connectivity index (χ3n) is 4.50. The lowest BCUT2D eigenvalue weighted by atomic mass is 10.2. The Hall–Kier alpha value is -3.35. The Kier molecular flexibility index (Phi) is 4.50. The van der Waals surface area contributed by atoms with Gasteiger partial charge in [-0.1, -0.05) is 6.07 Å². The van der Waals surface area contributed by atoms with Crippen molar-refractivity contribution in [2.24, 2.45) is 5.92 Å². The summed E-state index contributed by atoms with van der Waals surface area (Å²) in [5, 5.41) is 19.5. The van der Waals surface area contributed by atoms with E-state index in [1.165, 1.54) is 4.68 Å². The van der Waals surface area contributed by atoms with Gasteiger partial charge in [0.05, 0.1) is 23.5 Å². The summed E-state index contributed by atoms with van der Waals surface area (Å²) in [7, 11) is 0. The van der Waals surface area contributed by atoms with Crippen molar-refractivity contribution in [1.82, 2.24) is 19.7 Å². The van der Waals surface area contributed by atoms with Crippen LogP contribution in [0.25, 0.3) is 10.9 Å². The van der Waals surface area contributed by atoms with Gasteiger partial charge in [-0.15, -0.1) is 0 Å². The average Bonchev–Trinajstić information content (AvgIpc) is 3.40. The number of anilines is 3. The highest BCUT2D eigenvalue weighted by Crippen LogP contribution is 2.36. The van der Waals surface area contributed by atoms with Crippen molar-refractivity contribution < 1.29 is 13.2 Å². The smallest absolute Gasteiger partial charge is 0.369 e. The number of fused-ring (bicyclic) bond motifs is 1. The monoisotopic (exact) mass is 387 g/mol. The molecule has 0 aliphatic heterocycles. The second-order valence-corrected chi connectivity index (χ2v) is 6.60. The molecule has 0 amide bonds. The maximum Gasteiger partial charge on any atom is 0.421 e. The van der Waals surface area contributed by atoms with E-state index in [-0.39, 0.29) is 18.3 Å². The fraction of sp³-hybridized carbons (Fsp3) is 0.333. The lowest BCUT2D eigenvalue weighted by Crippen LogP contribution is -2.15. The van der Waals surface area contributed by atoms with Crippen LogP contribution in [0.15, 0.2) is 30.6 Å². The molecule has 2 heterocycles. The molecule has 7 nitrogen and oxygen atoms in total. The van der Waals surface area contributed by atoms with Gasteiger partial charge in [0.1, 0.15) is 17.9 Å². The van der Waals surface area contributed by atoms with Gasteiger partial charge in [0.2, 0.25) is 5.95 Å². The first kappa shape index (κ1) is 18.0. The molecular weight excluding hydrogens is 371 g/mol. The normalized spacial score (nSPS) is 14.1. The molecule has 0 saturated heterocycles. The molecule has 0 atom stereocenters. The number of rotatable bonds is 6. The maximum atomic E-state index is 13.3. The lowest BCUT2D eigenvalue weighted by Gasteiger charge is -2.15. The van der Waals surface area contributed by atoms with Crippen molar-refractivity contribution in [3.63, 3.8) is 0 Å². The van der Waals surface area contributed by atoms with Gasteiger partial charge >= 0.3 is 6.18 Å². The Balaban J connectivity index is 1.65. The topological polar surface area (TPSA) is 91.5 Å². The van der Waals surface area contributed by atoms with Crippen molar-refractivity contribution in [3.8, 4) is 6.07 Å². The van der Waals surface area contributed by atoms with Crippen LogP contribution >= 0.6 is 0 Å². The van der Waals surface area contributed by atoms with Gasteiger partial charge in [-0.2, -0.15) is 28.5 Å². The summed E-state index contributed by atoms with van der Waals surface area (Å²) in [6, 6.07) is 7.34. The number of hydrogen-bond donors (Lipinski definition) is 2. The molecule has 2 aromatic heterocycles. The number of nitrogens with zero attached hydrogens (tertiary/aromatic N) is 5. The lowest BCUT2D eigenvalue weighted by molar-refractivity contribution is -0.137. The van der Waals surface area contributed by atoms with Crippen molar-refractivity contribution in [1.29, 1.82) is 5.26 Å². The molecule has 3 aromatic rings. The third kappa shape index (κ3) is 3.69. The van der Waals surface area contributed by atoms with E-state index in [1.807, 2.05) is 6.07 Å². The van der Waals surface area contributed by atoms with E-state index in [0.717, 1.165) is 24.6 Å². The zero-order valence-electron chi connectivity index (χ0n) is 14.7. The number of nitriles is 1. The molecule has 28 heavy (non-hydrogen) atoms. The summed E-state index contributed by atoms with van der Waals surface area (Å²) in [6.07, 6.45) is -0.142. The molecule has 1 saturated carbocycles. The van der Waals surface area contributed by atoms with Crippen LogP contribution in [-0.2, 0) is 12.7 Å². The van der Waals surface area contributed by atoms with E-state index in [0.29, 0.717) is 23.5 Å². The van der Waals surface area contributed by atoms with Crippen LogP contribution < -0.4 is 10.6 Å². The largest absolute Gasteiger partial charge is 0.421 e. The van der Waals surface area contributed by atoms with E-state index in [2.05, 4.69) is 25.7 Å². The zero-order valence-corrected chi connectivity index (χ0v) is 14.7. The van der Waals surface area contributed by atoms with E-state index in [1.54, 1.807) is 24.4 Å². The van der Waals surface area contributed by atoms with Crippen molar-refractivity contribution in [2.45, 2.75) is 25.6 Å². The van der Waals surface area contributed by atoms with Crippen molar-refractivity contribution in [2.75, 3.05) is 17.2 Å². The predicted octanol–water partition coefficient (Wildman–Crippen LogP) is 3.93. The van der Waals surface area contributed by atoms with Gasteiger partial charge in [0, 0.05) is 18.1 Å². The van der Waals surface area contributed by atoms with Crippen LogP contribution in [0.2, 0.25) is 0 Å². The summed E-state index contributed by atoms with van der Waals surface area (Å²) in [6.45, 7) is 0.551. The molecule has 144 valence electrons. The molecule has 10 heteroatoms. The quantitative estimate of drug-likeness (QED) is 0.666. The van der Waals surface area contributed by atoms with Crippen LogP contribution in [0.3, 0.4) is 0 Å². The Morgan fingerprint density at radius 3 is 2.79 bits per heavy atom. The Bertz CT molecular complexity index is 1050. The maximum absolute atomic E-state index is 13.3. The second kappa shape index (κ2) is 6.99. The van der Waals surface area contributed by atoms with E-state index in [4.69, 9.17) is 5.26 Å². The Morgan fingerprint density at radius 2 is 2.07 bits per heavy atom. The first-order valence-corrected chi connectivity index (χ1v) is 8.72. The van der Waals surface area contributed by atoms with Crippen molar-refractivity contribution >= 4 is 28.4 Å². The second-order valence-electron chi connectivity index (χ2n) is 6.60. The minimum absolute atomic E-state index is 0.0480. The van der Waals surface area contributed by atoms with Crippen LogP contribution in [0, 0.1) is 17.2 Å². The summed E-state index contributed by atoms with van der Waals surface area (Å²) in [5.41, 5.74) is 0.430. The van der Waals surface area contributed by atoms with E-state index >= 15 is 0 Å². The molecule has 1 aliphatic carbocycles. The van der Waals surface area contributed by atoms with Crippen LogP contribution in [0.4, 0.5) is 30.6 Å². The molecule has 0 unspecified atom stereocenters. The number of benzene rings is 1. The number of alkyl halides is 3. The Morgan fingerprint density at radius 1 is 1.25 bits per heavy atom. The SMILES string of the molecule is N#CCn1ncc2c(Nc3ncc(C(F)(F)F)c(NCC4CC4)n3)cccc21. The summed E-state index contributed by atoms with van der Waals surface area (Å²) >= 11 is 0.